The molecule has 0 bridgehead atoms. The van der Waals surface area contributed by atoms with E-state index in [-0.39, 0.29) is 24.4 Å². The zero-order chi connectivity index (χ0) is 19.2. The average Bonchev–Trinajstić information content (AvgIpc) is 2.70. The van der Waals surface area contributed by atoms with E-state index in [0.29, 0.717) is 5.56 Å². The fraction of sp³-hybridized carbons (Fsp3) is 0.130. The summed E-state index contributed by atoms with van der Waals surface area (Å²) >= 11 is 0. The van der Waals surface area contributed by atoms with Gasteiger partial charge in [0.2, 0.25) is 5.91 Å². The lowest BCUT2D eigenvalue weighted by molar-refractivity contribution is -0.116. The van der Waals surface area contributed by atoms with Gasteiger partial charge >= 0.3 is 0 Å². The van der Waals surface area contributed by atoms with Gasteiger partial charge in [0, 0.05) is 12.1 Å². The summed E-state index contributed by atoms with van der Waals surface area (Å²) in [5, 5.41) is 8.01. The molecule has 0 heterocycles. The van der Waals surface area contributed by atoms with Gasteiger partial charge < -0.3 is 10.6 Å². The lowest BCUT2D eigenvalue weighted by atomic mass is 10.0. The zero-order valence-electron chi connectivity index (χ0n) is 15.2. The van der Waals surface area contributed by atoms with E-state index in [9.17, 15) is 9.59 Å². The van der Waals surface area contributed by atoms with Crippen molar-refractivity contribution in [2.75, 3.05) is 6.54 Å². The molecule has 3 aromatic carbocycles. The summed E-state index contributed by atoms with van der Waals surface area (Å²) in [6.45, 7) is 5.72. The van der Waals surface area contributed by atoms with Crippen molar-refractivity contribution in [1.29, 1.82) is 0 Å². The fourth-order valence-electron chi connectivity index (χ4n) is 2.90. The molecule has 0 saturated carbocycles. The highest BCUT2D eigenvalue weighted by Gasteiger charge is 2.17. The van der Waals surface area contributed by atoms with Gasteiger partial charge in [0.25, 0.3) is 5.91 Å². The van der Waals surface area contributed by atoms with E-state index in [4.69, 9.17) is 0 Å². The van der Waals surface area contributed by atoms with Crippen molar-refractivity contribution < 1.29 is 9.59 Å². The summed E-state index contributed by atoms with van der Waals surface area (Å²) in [6.07, 6.45) is 1.22. The molecule has 0 aromatic heterocycles. The fourth-order valence-corrected chi connectivity index (χ4v) is 2.90. The van der Waals surface area contributed by atoms with Crippen LogP contribution in [0.4, 0.5) is 0 Å². The van der Waals surface area contributed by atoms with E-state index in [1.54, 1.807) is 12.1 Å². The third-order valence-corrected chi connectivity index (χ3v) is 4.46. The Morgan fingerprint density at radius 3 is 2.41 bits per heavy atom. The third-order valence-electron chi connectivity index (χ3n) is 4.46. The van der Waals surface area contributed by atoms with Crippen molar-refractivity contribution in [3.8, 4) is 0 Å². The predicted octanol–water partition coefficient (Wildman–Crippen LogP) is 3.92. The number of carbonyl (C=O) groups is 2. The van der Waals surface area contributed by atoms with Crippen LogP contribution in [0.25, 0.3) is 10.8 Å². The van der Waals surface area contributed by atoms with Gasteiger partial charge in [-0.1, -0.05) is 60.7 Å². The van der Waals surface area contributed by atoms with Crippen LogP contribution in [0.5, 0.6) is 0 Å². The van der Waals surface area contributed by atoms with Crippen LogP contribution < -0.4 is 10.6 Å². The van der Waals surface area contributed by atoms with Gasteiger partial charge in [0.05, 0.1) is 6.04 Å². The molecular weight excluding hydrogens is 336 g/mol. The molecule has 4 nitrogen and oxygen atoms in total. The third kappa shape index (κ3) is 4.61. The second kappa shape index (κ2) is 8.32. The molecule has 4 heteroatoms. The minimum atomic E-state index is -0.354. The minimum Gasteiger partial charge on any atom is -0.350 e. The van der Waals surface area contributed by atoms with Crippen LogP contribution >= 0.6 is 0 Å². The number of amides is 2. The lowest BCUT2D eigenvalue weighted by Gasteiger charge is -2.20. The molecule has 0 aliphatic carbocycles. The van der Waals surface area contributed by atoms with Gasteiger partial charge in [-0.2, -0.15) is 0 Å². The average molecular weight is 358 g/mol. The number of aryl methyl sites for hydroxylation is 1. The van der Waals surface area contributed by atoms with Gasteiger partial charge in [-0.3, -0.25) is 9.59 Å². The highest BCUT2D eigenvalue weighted by Crippen LogP contribution is 2.21. The molecule has 1 unspecified atom stereocenters. The highest BCUT2D eigenvalue weighted by atomic mass is 16.2. The molecule has 1 atom stereocenters. The lowest BCUT2D eigenvalue weighted by Crippen LogP contribution is -2.37. The standard InChI is InChI=1S/C23H22N2O2/c1-3-22(26)24-15-21(25-23(27)18-10-8-16(2)9-11-18)20-13-12-17-6-4-5-7-19(17)14-20/h3-14,21H,1,15H2,2H3,(H,24,26)(H,25,27). The summed E-state index contributed by atoms with van der Waals surface area (Å²) in [5.74, 6) is -0.452. The Morgan fingerprint density at radius 1 is 1.00 bits per heavy atom. The predicted molar refractivity (Wildman–Crippen MR) is 109 cm³/mol. The number of benzene rings is 3. The number of carbonyl (C=O) groups excluding carboxylic acids is 2. The smallest absolute Gasteiger partial charge is 0.251 e. The van der Waals surface area contributed by atoms with Crippen molar-refractivity contribution in [3.05, 3.63) is 96.1 Å². The van der Waals surface area contributed by atoms with E-state index in [1.807, 2.05) is 61.5 Å². The highest BCUT2D eigenvalue weighted by molar-refractivity contribution is 5.94. The number of nitrogens with one attached hydrogen (secondary N) is 2. The van der Waals surface area contributed by atoms with Gasteiger partial charge in [0.15, 0.2) is 0 Å². The summed E-state index contributed by atoms with van der Waals surface area (Å²) in [6, 6.07) is 21.1. The van der Waals surface area contributed by atoms with Crippen LogP contribution in [0, 0.1) is 6.92 Å². The van der Waals surface area contributed by atoms with Gasteiger partial charge in [-0.15, -0.1) is 0 Å². The van der Waals surface area contributed by atoms with Crippen LogP contribution in [-0.4, -0.2) is 18.4 Å². The summed E-state index contributed by atoms with van der Waals surface area (Å²) in [4.78, 5) is 24.3. The molecule has 27 heavy (non-hydrogen) atoms. The van der Waals surface area contributed by atoms with E-state index < -0.39 is 0 Å². The molecule has 2 amide bonds. The number of rotatable bonds is 6. The molecule has 0 aliphatic heterocycles. The summed E-state index contributed by atoms with van der Waals surface area (Å²) in [7, 11) is 0. The van der Waals surface area contributed by atoms with E-state index in [2.05, 4.69) is 17.2 Å². The number of hydrogen-bond donors (Lipinski definition) is 2. The normalized spacial score (nSPS) is 11.6. The maximum absolute atomic E-state index is 12.7. The molecule has 136 valence electrons. The molecular formula is C23H22N2O2. The number of fused-ring (bicyclic) bond motifs is 1. The van der Waals surface area contributed by atoms with Crippen LogP contribution in [-0.2, 0) is 4.79 Å². The van der Waals surface area contributed by atoms with Gasteiger partial charge in [-0.05, 0) is 47.5 Å². The Morgan fingerprint density at radius 2 is 1.70 bits per heavy atom. The van der Waals surface area contributed by atoms with Crippen LogP contribution in [0.15, 0.2) is 79.4 Å². The maximum atomic E-state index is 12.7. The van der Waals surface area contributed by atoms with Gasteiger partial charge in [0.1, 0.15) is 0 Å². The van der Waals surface area contributed by atoms with Crippen LogP contribution in [0.3, 0.4) is 0 Å². The Labute approximate surface area is 158 Å². The molecule has 0 aliphatic rings. The second-order valence-corrected chi connectivity index (χ2v) is 6.45. The zero-order valence-corrected chi connectivity index (χ0v) is 15.2. The Bertz CT molecular complexity index is 977. The molecule has 3 aromatic rings. The first kappa shape index (κ1) is 18.4. The Balaban J connectivity index is 1.86. The molecule has 0 spiro atoms. The topological polar surface area (TPSA) is 58.2 Å². The molecule has 0 radical (unpaired) electrons. The van der Waals surface area contributed by atoms with Crippen LogP contribution in [0.2, 0.25) is 0 Å². The van der Waals surface area contributed by atoms with Crippen molar-refractivity contribution >= 4 is 22.6 Å². The van der Waals surface area contributed by atoms with E-state index in [0.717, 1.165) is 21.9 Å². The molecule has 0 saturated heterocycles. The van der Waals surface area contributed by atoms with Crippen molar-refractivity contribution in [2.45, 2.75) is 13.0 Å². The first-order chi connectivity index (χ1) is 13.1. The summed E-state index contributed by atoms with van der Waals surface area (Å²) < 4.78 is 0. The SMILES string of the molecule is C=CC(=O)NCC(NC(=O)c1ccc(C)cc1)c1ccc2ccccc2c1. The Kier molecular flexibility index (Phi) is 5.67. The number of hydrogen-bond acceptors (Lipinski definition) is 2. The van der Waals surface area contributed by atoms with Crippen molar-refractivity contribution in [2.24, 2.45) is 0 Å². The summed E-state index contributed by atoms with van der Waals surface area (Å²) in [5.41, 5.74) is 2.61. The molecule has 0 fully saturated rings. The first-order valence-electron chi connectivity index (χ1n) is 8.83. The largest absolute Gasteiger partial charge is 0.350 e. The van der Waals surface area contributed by atoms with Crippen molar-refractivity contribution in [1.82, 2.24) is 10.6 Å². The van der Waals surface area contributed by atoms with E-state index in [1.165, 1.54) is 6.08 Å². The second-order valence-electron chi connectivity index (χ2n) is 6.45. The minimum absolute atomic E-state index is 0.180. The molecule has 2 N–H and O–H groups in total. The first-order valence-corrected chi connectivity index (χ1v) is 8.83. The molecule has 3 rings (SSSR count). The Hall–Kier alpha value is -3.40. The monoisotopic (exact) mass is 358 g/mol. The van der Waals surface area contributed by atoms with Crippen LogP contribution in [0.1, 0.15) is 27.5 Å². The van der Waals surface area contributed by atoms with Crippen molar-refractivity contribution in [3.63, 3.8) is 0 Å². The van der Waals surface area contributed by atoms with Gasteiger partial charge in [-0.25, -0.2) is 0 Å². The maximum Gasteiger partial charge on any atom is 0.251 e. The van der Waals surface area contributed by atoms with E-state index >= 15 is 0 Å². The quantitative estimate of drug-likeness (QED) is 0.656.